The van der Waals surface area contributed by atoms with Gasteiger partial charge in [-0.1, -0.05) is 6.07 Å². The number of nitrogen functional groups attached to an aromatic ring is 1. The van der Waals surface area contributed by atoms with E-state index >= 15 is 0 Å². The van der Waals surface area contributed by atoms with Gasteiger partial charge in [0.2, 0.25) is 5.16 Å². The zero-order valence-corrected chi connectivity index (χ0v) is 10.6. The Morgan fingerprint density at radius 2 is 2.11 bits per heavy atom. The van der Waals surface area contributed by atoms with Crippen LogP contribution in [0.15, 0.2) is 52.6 Å². The SMILES string of the molecule is N#Cc1ccc(N)c(Sc2nnc3ccccn23)c1. The fourth-order valence-corrected chi connectivity index (χ4v) is 2.58. The molecule has 19 heavy (non-hydrogen) atoms. The molecule has 0 saturated carbocycles. The number of anilines is 1. The summed E-state index contributed by atoms with van der Waals surface area (Å²) < 4.78 is 1.88. The number of benzene rings is 1. The second-order valence-corrected chi connectivity index (χ2v) is 4.89. The molecule has 0 spiro atoms. The molecule has 0 bridgehead atoms. The lowest BCUT2D eigenvalue weighted by Gasteiger charge is -2.04. The Hall–Kier alpha value is -2.52. The van der Waals surface area contributed by atoms with E-state index in [0.29, 0.717) is 11.3 Å². The van der Waals surface area contributed by atoms with Gasteiger partial charge in [-0.25, -0.2) is 0 Å². The van der Waals surface area contributed by atoms with Crippen LogP contribution in [0.2, 0.25) is 0 Å². The van der Waals surface area contributed by atoms with Gasteiger partial charge >= 0.3 is 0 Å². The van der Waals surface area contributed by atoms with Crippen LogP contribution in [0.4, 0.5) is 5.69 Å². The van der Waals surface area contributed by atoms with Gasteiger partial charge in [0.25, 0.3) is 0 Å². The third kappa shape index (κ3) is 2.11. The molecule has 92 valence electrons. The standard InChI is InChI=1S/C13H9N5S/c14-8-9-4-5-10(15)11(7-9)19-13-17-16-12-3-1-2-6-18(12)13/h1-7H,15H2. The molecule has 2 aromatic heterocycles. The van der Waals surface area contributed by atoms with Gasteiger partial charge in [0.05, 0.1) is 11.6 Å². The largest absolute Gasteiger partial charge is 0.398 e. The fourth-order valence-electron chi connectivity index (χ4n) is 1.68. The number of hydrogen-bond donors (Lipinski definition) is 1. The molecule has 0 atom stereocenters. The smallest absolute Gasteiger partial charge is 0.200 e. The van der Waals surface area contributed by atoms with Gasteiger partial charge < -0.3 is 5.73 Å². The van der Waals surface area contributed by atoms with E-state index in [0.717, 1.165) is 15.7 Å². The molecule has 2 N–H and O–H groups in total. The fraction of sp³-hybridized carbons (Fsp3) is 0. The summed E-state index contributed by atoms with van der Waals surface area (Å²) in [6, 6.07) is 13.0. The maximum atomic E-state index is 8.92. The van der Waals surface area contributed by atoms with E-state index in [1.807, 2.05) is 28.8 Å². The molecule has 3 rings (SSSR count). The number of nitrogens with zero attached hydrogens (tertiary/aromatic N) is 4. The Balaban J connectivity index is 2.04. The van der Waals surface area contributed by atoms with Crippen LogP contribution in [0.5, 0.6) is 0 Å². The van der Waals surface area contributed by atoms with E-state index in [4.69, 9.17) is 11.0 Å². The van der Waals surface area contributed by atoms with Gasteiger partial charge in [-0.2, -0.15) is 5.26 Å². The molecule has 0 aliphatic rings. The van der Waals surface area contributed by atoms with Crippen LogP contribution in [0.25, 0.3) is 5.65 Å². The molecule has 3 aromatic rings. The molecule has 6 heteroatoms. The van der Waals surface area contributed by atoms with Crippen LogP contribution in [0.1, 0.15) is 5.56 Å². The lowest BCUT2D eigenvalue weighted by atomic mass is 10.2. The van der Waals surface area contributed by atoms with Gasteiger partial charge in [0, 0.05) is 16.8 Å². The van der Waals surface area contributed by atoms with Gasteiger partial charge in [-0.15, -0.1) is 10.2 Å². The Morgan fingerprint density at radius 1 is 1.21 bits per heavy atom. The van der Waals surface area contributed by atoms with Gasteiger partial charge in [-0.3, -0.25) is 4.40 Å². The van der Waals surface area contributed by atoms with Crippen molar-refractivity contribution in [1.29, 1.82) is 5.26 Å². The lowest BCUT2D eigenvalue weighted by molar-refractivity contribution is 0.921. The first kappa shape index (κ1) is 11.6. The van der Waals surface area contributed by atoms with Crippen molar-refractivity contribution in [2.75, 3.05) is 5.73 Å². The third-order valence-electron chi connectivity index (χ3n) is 2.63. The number of aromatic nitrogens is 3. The van der Waals surface area contributed by atoms with E-state index in [2.05, 4.69) is 16.3 Å². The molecular weight excluding hydrogens is 258 g/mol. The van der Waals surface area contributed by atoms with Crippen molar-refractivity contribution in [3.05, 3.63) is 48.2 Å². The topological polar surface area (TPSA) is 80.0 Å². The van der Waals surface area contributed by atoms with Crippen molar-refractivity contribution in [2.45, 2.75) is 10.1 Å². The van der Waals surface area contributed by atoms with Crippen molar-refractivity contribution in [1.82, 2.24) is 14.6 Å². The number of hydrogen-bond acceptors (Lipinski definition) is 5. The first-order chi connectivity index (χ1) is 9.28. The van der Waals surface area contributed by atoms with Gasteiger partial charge in [0.15, 0.2) is 5.65 Å². The second-order valence-electron chi connectivity index (χ2n) is 3.88. The number of nitrogens with two attached hydrogens (primary N) is 1. The Labute approximate surface area is 113 Å². The highest BCUT2D eigenvalue weighted by Crippen LogP contribution is 2.31. The summed E-state index contributed by atoms with van der Waals surface area (Å²) in [7, 11) is 0. The maximum Gasteiger partial charge on any atom is 0.200 e. The minimum absolute atomic E-state index is 0.575. The molecule has 0 radical (unpaired) electrons. The Morgan fingerprint density at radius 3 is 2.95 bits per heavy atom. The number of rotatable bonds is 2. The van der Waals surface area contributed by atoms with E-state index in [1.165, 1.54) is 11.8 Å². The first-order valence-electron chi connectivity index (χ1n) is 5.55. The summed E-state index contributed by atoms with van der Waals surface area (Å²) in [5, 5.41) is 17.8. The molecule has 1 aromatic carbocycles. The minimum atomic E-state index is 0.575. The Kier molecular flexibility index (Phi) is 2.82. The van der Waals surface area contributed by atoms with E-state index in [-0.39, 0.29) is 0 Å². The summed E-state index contributed by atoms with van der Waals surface area (Å²) in [6.07, 6.45) is 1.89. The monoisotopic (exact) mass is 267 g/mol. The third-order valence-corrected chi connectivity index (χ3v) is 3.66. The molecule has 0 amide bonds. The number of pyridine rings is 1. The summed E-state index contributed by atoms with van der Waals surface area (Å²) in [6.45, 7) is 0. The summed E-state index contributed by atoms with van der Waals surface area (Å²) in [4.78, 5) is 0.803. The van der Waals surface area contributed by atoms with Crippen LogP contribution in [-0.2, 0) is 0 Å². The van der Waals surface area contributed by atoms with Gasteiger partial charge in [0.1, 0.15) is 0 Å². The second kappa shape index (κ2) is 4.63. The number of fused-ring (bicyclic) bond motifs is 1. The summed E-state index contributed by atoms with van der Waals surface area (Å²) in [5.74, 6) is 0. The van der Waals surface area contributed by atoms with E-state index < -0.39 is 0 Å². The van der Waals surface area contributed by atoms with E-state index in [9.17, 15) is 0 Å². The molecule has 0 saturated heterocycles. The van der Waals surface area contributed by atoms with Crippen LogP contribution >= 0.6 is 11.8 Å². The summed E-state index contributed by atoms with van der Waals surface area (Å²) in [5.41, 5.74) is 7.89. The molecule has 0 aliphatic carbocycles. The Bertz CT molecular complexity index is 787. The molecule has 5 nitrogen and oxygen atoms in total. The number of nitriles is 1. The van der Waals surface area contributed by atoms with Crippen molar-refractivity contribution in [3.8, 4) is 6.07 Å². The molecular formula is C13H9N5S. The highest BCUT2D eigenvalue weighted by Gasteiger charge is 2.09. The normalized spacial score (nSPS) is 10.5. The van der Waals surface area contributed by atoms with Crippen molar-refractivity contribution >= 4 is 23.1 Å². The predicted molar refractivity (Wildman–Crippen MR) is 72.7 cm³/mol. The maximum absolute atomic E-state index is 8.92. The summed E-state index contributed by atoms with van der Waals surface area (Å²) >= 11 is 1.39. The average Bonchev–Trinajstić information content (AvgIpc) is 2.85. The van der Waals surface area contributed by atoms with Crippen molar-refractivity contribution in [2.24, 2.45) is 0 Å². The minimum Gasteiger partial charge on any atom is -0.398 e. The van der Waals surface area contributed by atoms with E-state index in [1.54, 1.807) is 18.2 Å². The molecule has 2 heterocycles. The van der Waals surface area contributed by atoms with Crippen LogP contribution in [0.3, 0.4) is 0 Å². The quantitative estimate of drug-likeness (QED) is 0.721. The predicted octanol–water partition coefficient (Wildman–Crippen LogP) is 2.33. The lowest BCUT2D eigenvalue weighted by Crippen LogP contribution is -1.91. The van der Waals surface area contributed by atoms with Crippen LogP contribution in [-0.4, -0.2) is 14.6 Å². The molecule has 0 aliphatic heterocycles. The zero-order valence-electron chi connectivity index (χ0n) is 9.82. The highest BCUT2D eigenvalue weighted by atomic mass is 32.2. The zero-order chi connectivity index (χ0) is 13.2. The van der Waals surface area contributed by atoms with Crippen molar-refractivity contribution < 1.29 is 0 Å². The average molecular weight is 267 g/mol. The van der Waals surface area contributed by atoms with Crippen molar-refractivity contribution in [3.63, 3.8) is 0 Å². The van der Waals surface area contributed by atoms with Gasteiger partial charge in [-0.05, 0) is 42.1 Å². The highest BCUT2D eigenvalue weighted by molar-refractivity contribution is 7.99. The first-order valence-corrected chi connectivity index (χ1v) is 6.37. The molecule has 0 unspecified atom stereocenters. The molecule has 0 fully saturated rings. The van der Waals surface area contributed by atoms with Crippen LogP contribution < -0.4 is 5.73 Å². The van der Waals surface area contributed by atoms with Crippen LogP contribution in [0, 0.1) is 11.3 Å².